The van der Waals surface area contributed by atoms with Crippen LogP contribution in [0.1, 0.15) is 25.3 Å². The molecule has 5 heteroatoms. The van der Waals surface area contributed by atoms with Gasteiger partial charge in [0.1, 0.15) is 5.60 Å². The predicted molar refractivity (Wildman–Crippen MR) is 69.8 cm³/mol. The molecule has 1 amide bonds. The third kappa shape index (κ3) is 2.04. The van der Waals surface area contributed by atoms with E-state index in [9.17, 15) is 4.79 Å². The summed E-state index contributed by atoms with van der Waals surface area (Å²) in [5.41, 5.74) is 11.7. The van der Waals surface area contributed by atoms with Crippen molar-refractivity contribution in [2.45, 2.75) is 25.4 Å². The zero-order valence-corrected chi connectivity index (χ0v) is 11.0. The smallest absolute Gasteiger partial charge is 0.250 e. The van der Waals surface area contributed by atoms with Crippen molar-refractivity contribution in [3.8, 4) is 0 Å². The van der Waals surface area contributed by atoms with Crippen LogP contribution in [0.5, 0.6) is 0 Å². The minimum Gasteiger partial charge on any atom is -0.472 e. The number of rotatable bonds is 2. The number of benzene rings is 1. The summed E-state index contributed by atoms with van der Waals surface area (Å²) in [7, 11) is 0. The van der Waals surface area contributed by atoms with Crippen LogP contribution >= 0.6 is 11.6 Å². The maximum atomic E-state index is 11.5. The number of hydrogen-bond donors (Lipinski definition) is 2. The molecule has 0 spiro atoms. The first-order valence-corrected chi connectivity index (χ1v) is 5.94. The first-order chi connectivity index (χ1) is 8.33. The third-order valence-electron chi connectivity index (χ3n) is 3.09. The van der Waals surface area contributed by atoms with Crippen molar-refractivity contribution in [3.63, 3.8) is 0 Å². The fraction of sp³-hybridized carbons (Fsp3) is 0.308. The zero-order valence-electron chi connectivity index (χ0n) is 10.2. The monoisotopic (exact) mass is 266 g/mol. The quantitative estimate of drug-likeness (QED) is 0.858. The molecule has 0 fully saturated rings. The topological polar surface area (TPSA) is 78.3 Å². The second-order valence-electron chi connectivity index (χ2n) is 4.83. The van der Waals surface area contributed by atoms with Crippen LogP contribution in [0.25, 0.3) is 0 Å². The molecule has 18 heavy (non-hydrogen) atoms. The van der Waals surface area contributed by atoms with Gasteiger partial charge >= 0.3 is 0 Å². The van der Waals surface area contributed by atoms with Crippen LogP contribution < -0.4 is 11.5 Å². The second kappa shape index (κ2) is 4.21. The van der Waals surface area contributed by atoms with E-state index in [1.165, 1.54) is 0 Å². The predicted octanol–water partition coefficient (Wildman–Crippen LogP) is 1.89. The van der Waals surface area contributed by atoms with Gasteiger partial charge in [-0.05, 0) is 31.5 Å². The summed E-state index contributed by atoms with van der Waals surface area (Å²) in [4.78, 5) is 11.5. The molecule has 1 heterocycles. The van der Waals surface area contributed by atoms with E-state index in [4.69, 9.17) is 27.8 Å². The third-order valence-corrected chi connectivity index (χ3v) is 3.34. The Kier molecular flexibility index (Phi) is 2.99. The summed E-state index contributed by atoms with van der Waals surface area (Å²) in [5.74, 6) is -0.738. The van der Waals surface area contributed by atoms with E-state index in [1.807, 2.05) is 26.0 Å². The highest BCUT2D eigenvalue weighted by Gasteiger charge is 2.45. The number of halogens is 1. The van der Waals surface area contributed by atoms with Crippen molar-refractivity contribution < 1.29 is 9.53 Å². The molecule has 0 saturated carbocycles. The Labute approximate surface area is 111 Å². The van der Waals surface area contributed by atoms with Gasteiger partial charge < -0.3 is 16.2 Å². The molecule has 1 aliphatic heterocycles. The van der Waals surface area contributed by atoms with E-state index in [0.29, 0.717) is 10.6 Å². The number of carbonyl (C=O) groups excluding carboxylic acids is 1. The molecule has 4 nitrogen and oxygen atoms in total. The van der Waals surface area contributed by atoms with E-state index in [-0.39, 0.29) is 11.8 Å². The van der Waals surface area contributed by atoms with Gasteiger partial charge in [0.2, 0.25) is 0 Å². The fourth-order valence-corrected chi connectivity index (χ4v) is 2.50. The first-order valence-electron chi connectivity index (χ1n) is 5.57. The number of amides is 1. The molecule has 1 atom stereocenters. The summed E-state index contributed by atoms with van der Waals surface area (Å²) in [6.45, 7) is 3.74. The molecule has 0 radical (unpaired) electrons. The standard InChI is InChI=1S/C13H15ClN2O2/c1-13(2)10(7-3-5-8(14)6-4-7)9(11(15)17)12(16)18-13/h3-6,10H,16H2,1-2H3,(H2,15,17)/t10-/m1/s1. The van der Waals surface area contributed by atoms with Crippen LogP contribution in [-0.4, -0.2) is 11.5 Å². The highest BCUT2D eigenvalue weighted by molar-refractivity contribution is 6.30. The number of ether oxygens (including phenoxy) is 1. The van der Waals surface area contributed by atoms with Crippen LogP contribution in [0.3, 0.4) is 0 Å². The Bertz CT molecular complexity index is 520. The Morgan fingerprint density at radius 2 is 1.89 bits per heavy atom. The van der Waals surface area contributed by atoms with Crippen molar-refractivity contribution in [2.75, 3.05) is 0 Å². The van der Waals surface area contributed by atoms with Crippen molar-refractivity contribution >= 4 is 17.5 Å². The molecular weight excluding hydrogens is 252 g/mol. The van der Waals surface area contributed by atoms with Gasteiger partial charge in [-0.15, -0.1) is 0 Å². The average molecular weight is 267 g/mol. The van der Waals surface area contributed by atoms with E-state index in [1.54, 1.807) is 12.1 Å². The second-order valence-corrected chi connectivity index (χ2v) is 5.27. The summed E-state index contributed by atoms with van der Waals surface area (Å²) in [6.07, 6.45) is 0. The first kappa shape index (κ1) is 12.8. The van der Waals surface area contributed by atoms with Crippen molar-refractivity contribution in [2.24, 2.45) is 11.5 Å². The maximum absolute atomic E-state index is 11.5. The van der Waals surface area contributed by atoms with Gasteiger partial charge in [0.15, 0.2) is 5.88 Å². The van der Waals surface area contributed by atoms with E-state index < -0.39 is 11.5 Å². The molecule has 1 aromatic carbocycles. The van der Waals surface area contributed by atoms with Gasteiger partial charge in [0.05, 0.1) is 11.5 Å². The number of nitrogens with two attached hydrogens (primary N) is 2. The summed E-state index contributed by atoms with van der Waals surface area (Å²) < 4.78 is 5.54. The molecule has 1 aromatic rings. The number of carbonyl (C=O) groups is 1. The summed E-state index contributed by atoms with van der Waals surface area (Å²) in [6, 6.07) is 7.22. The van der Waals surface area contributed by atoms with Crippen molar-refractivity contribution in [1.82, 2.24) is 0 Å². The summed E-state index contributed by atoms with van der Waals surface area (Å²) >= 11 is 5.86. The molecule has 0 aromatic heterocycles. The number of primary amides is 1. The molecule has 96 valence electrons. The Morgan fingerprint density at radius 3 is 2.39 bits per heavy atom. The largest absolute Gasteiger partial charge is 0.472 e. The normalized spacial score (nSPS) is 21.8. The average Bonchev–Trinajstić information content (AvgIpc) is 2.49. The molecule has 0 aliphatic carbocycles. The van der Waals surface area contributed by atoms with Crippen LogP contribution in [0, 0.1) is 0 Å². The lowest BCUT2D eigenvalue weighted by atomic mass is 9.80. The van der Waals surface area contributed by atoms with Gasteiger partial charge in [-0.2, -0.15) is 0 Å². The van der Waals surface area contributed by atoms with Crippen LogP contribution in [-0.2, 0) is 9.53 Å². The Hall–Kier alpha value is -1.68. The molecular formula is C13H15ClN2O2. The van der Waals surface area contributed by atoms with E-state index in [0.717, 1.165) is 5.56 Å². The van der Waals surface area contributed by atoms with Gasteiger partial charge in [-0.25, -0.2) is 0 Å². The van der Waals surface area contributed by atoms with Crippen LogP contribution in [0.4, 0.5) is 0 Å². The lowest BCUT2D eigenvalue weighted by Crippen LogP contribution is -2.31. The van der Waals surface area contributed by atoms with Gasteiger partial charge in [-0.3, -0.25) is 4.79 Å². The van der Waals surface area contributed by atoms with Gasteiger partial charge in [0.25, 0.3) is 5.91 Å². The minimum absolute atomic E-state index is 0.104. The Balaban J connectivity index is 2.51. The molecule has 1 aliphatic rings. The fourth-order valence-electron chi connectivity index (χ4n) is 2.37. The maximum Gasteiger partial charge on any atom is 0.250 e. The molecule has 2 rings (SSSR count). The van der Waals surface area contributed by atoms with Crippen LogP contribution in [0.2, 0.25) is 5.02 Å². The van der Waals surface area contributed by atoms with Gasteiger partial charge in [-0.1, -0.05) is 23.7 Å². The molecule has 0 saturated heterocycles. The zero-order chi connectivity index (χ0) is 13.5. The van der Waals surface area contributed by atoms with Crippen LogP contribution in [0.15, 0.2) is 35.7 Å². The SMILES string of the molecule is CC1(C)OC(N)=C(C(N)=O)[C@H]1c1ccc(Cl)cc1. The number of hydrogen-bond acceptors (Lipinski definition) is 3. The van der Waals surface area contributed by atoms with Gasteiger partial charge in [0, 0.05) is 5.02 Å². The highest BCUT2D eigenvalue weighted by Crippen LogP contribution is 2.44. The van der Waals surface area contributed by atoms with E-state index in [2.05, 4.69) is 0 Å². The lowest BCUT2D eigenvalue weighted by Gasteiger charge is -2.27. The molecule has 0 bridgehead atoms. The Morgan fingerprint density at radius 1 is 1.33 bits per heavy atom. The highest BCUT2D eigenvalue weighted by atomic mass is 35.5. The van der Waals surface area contributed by atoms with E-state index >= 15 is 0 Å². The molecule has 0 unspecified atom stereocenters. The molecule has 4 N–H and O–H groups in total. The van der Waals surface area contributed by atoms with Crippen molar-refractivity contribution in [3.05, 3.63) is 46.3 Å². The van der Waals surface area contributed by atoms with Crippen molar-refractivity contribution in [1.29, 1.82) is 0 Å². The minimum atomic E-state index is -0.609. The lowest BCUT2D eigenvalue weighted by molar-refractivity contribution is -0.114. The summed E-state index contributed by atoms with van der Waals surface area (Å²) in [5, 5.41) is 0.632.